The molecule has 2 rings (SSSR count). The Morgan fingerprint density at radius 1 is 1.43 bits per heavy atom. The number of likely N-dealkylation sites (tertiary alicyclic amines) is 1. The molecule has 7 heteroatoms. The van der Waals surface area contributed by atoms with Crippen molar-refractivity contribution >= 4 is 25.6 Å². The second-order valence-electron chi connectivity index (χ2n) is 5.54. The predicted octanol–water partition coefficient (Wildman–Crippen LogP) is 2.93. The van der Waals surface area contributed by atoms with Crippen molar-refractivity contribution in [1.29, 1.82) is 0 Å². The highest BCUT2D eigenvalue weighted by Crippen LogP contribution is 2.25. The van der Waals surface area contributed by atoms with Crippen molar-refractivity contribution in [3.8, 4) is 0 Å². The van der Waals surface area contributed by atoms with Crippen molar-refractivity contribution in [3.63, 3.8) is 0 Å². The number of rotatable bonds is 2. The highest BCUT2D eigenvalue weighted by molar-refractivity contribution is 8.13. The van der Waals surface area contributed by atoms with Gasteiger partial charge in [-0.3, -0.25) is 4.79 Å². The smallest absolute Gasteiger partial charge is 0.264 e. The molecule has 1 aromatic carbocycles. The van der Waals surface area contributed by atoms with Gasteiger partial charge in [0.1, 0.15) is 10.7 Å². The first-order valence-electron chi connectivity index (χ1n) is 6.74. The summed E-state index contributed by atoms with van der Waals surface area (Å²) in [5, 5.41) is 0. The van der Waals surface area contributed by atoms with E-state index in [2.05, 4.69) is 6.92 Å². The fourth-order valence-electron chi connectivity index (χ4n) is 2.59. The highest BCUT2D eigenvalue weighted by atomic mass is 35.7. The van der Waals surface area contributed by atoms with Crippen molar-refractivity contribution < 1.29 is 17.6 Å². The monoisotopic (exact) mass is 333 g/mol. The molecule has 0 N–H and O–H groups in total. The molecule has 0 aromatic heterocycles. The van der Waals surface area contributed by atoms with Crippen LogP contribution in [0.15, 0.2) is 17.0 Å². The molecule has 1 amide bonds. The average molecular weight is 334 g/mol. The lowest BCUT2D eigenvalue weighted by molar-refractivity contribution is 0.0682. The number of nitrogens with zero attached hydrogens (tertiary/aromatic N) is 1. The van der Waals surface area contributed by atoms with Crippen LogP contribution in [0.1, 0.15) is 35.7 Å². The Bertz CT molecular complexity index is 675. The molecule has 21 heavy (non-hydrogen) atoms. The molecule has 1 unspecified atom stereocenters. The van der Waals surface area contributed by atoms with E-state index in [-0.39, 0.29) is 17.0 Å². The Morgan fingerprint density at radius 3 is 2.67 bits per heavy atom. The van der Waals surface area contributed by atoms with Crippen molar-refractivity contribution in [2.45, 2.75) is 31.6 Å². The second kappa shape index (κ2) is 5.93. The van der Waals surface area contributed by atoms with Gasteiger partial charge in [-0.15, -0.1) is 0 Å². The topological polar surface area (TPSA) is 54.5 Å². The van der Waals surface area contributed by atoms with Crippen LogP contribution < -0.4 is 0 Å². The van der Waals surface area contributed by atoms with Gasteiger partial charge in [0.25, 0.3) is 15.0 Å². The van der Waals surface area contributed by atoms with Crippen LogP contribution in [0.2, 0.25) is 0 Å². The maximum atomic E-state index is 13.9. The third-order valence-electron chi connectivity index (χ3n) is 3.68. The number of hydrogen-bond acceptors (Lipinski definition) is 3. The van der Waals surface area contributed by atoms with E-state index in [9.17, 15) is 17.6 Å². The van der Waals surface area contributed by atoms with E-state index < -0.39 is 19.8 Å². The number of amides is 1. The number of piperidine rings is 1. The first-order chi connectivity index (χ1) is 9.70. The van der Waals surface area contributed by atoms with Crippen LogP contribution in [0, 0.1) is 18.7 Å². The lowest BCUT2D eigenvalue weighted by Gasteiger charge is -2.31. The molecule has 0 radical (unpaired) electrons. The van der Waals surface area contributed by atoms with Gasteiger partial charge in [0, 0.05) is 29.3 Å². The Balaban J connectivity index is 2.40. The predicted molar refractivity (Wildman–Crippen MR) is 78.5 cm³/mol. The van der Waals surface area contributed by atoms with Crippen molar-refractivity contribution in [3.05, 3.63) is 29.1 Å². The standard InChI is InChI=1S/C14H17ClFNO3S/c1-9-4-3-5-17(8-9)14(18)11-6-10(2)13(16)12(7-11)21(15,19)20/h6-7,9H,3-5,8H2,1-2H3. The average Bonchev–Trinajstić information content (AvgIpc) is 2.39. The molecule has 4 nitrogen and oxygen atoms in total. The fourth-order valence-corrected chi connectivity index (χ4v) is 3.57. The number of aryl methyl sites for hydroxylation is 1. The molecule has 0 saturated carbocycles. The SMILES string of the molecule is Cc1cc(C(=O)N2CCCC(C)C2)cc(S(=O)(=O)Cl)c1F. The van der Waals surface area contributed by atoms with Gasteiger partial charge in [0.2, 0.25) is 0 Å². The van der Waals surface area contributed by atoms with Gasteiger partial charge in [-0.05, 0) is 43.4 Å². The number of halogens is 2. The van der Waals surface area contributed by atoms with Crippen LogP contribution >= 0.6 is 10.7 Å². The molecule has 1 aliphatic rings. The van der Waals surface area contributed by atoms with Gasteiger partial charge in [-0.1, -0.05) is 6.92 Å². The Morgan fingerprint density at radius 2 is 2.10 bits per heavy atom. The maximum Gasteiger partial charge on any atom is 0.264 e. The molecule has 0 bridgehead atoms. The first-order valence-corrected chi connectivity index (χ1v) is 9.05. The van der Waals surface area contributed by atoms with E-state index in [0.29, 0.717) is 19.0 Å². The van der Waals surface area contributed by atoms with Crippen LogP contribution in [0.3, 0.4) is 0 Å². The summed E-state index contributed by atoms with van der Waals surface area (Å²) in [6.07, 6.45) is 1.97. The minimum atomic E-state index is -4.23. The molecule has 1 atom stereocenters. The second-order valence-corrected chi connectivity index (χ2v) is 8.08. The van der Waals surface area contributed by atoms with Crippen LogP contribution in [0.5, 0.6) is 0 Å². The lowest BCUT2D eigenvalue weighted by Crippen LogP contribution is -2.39. The number of benzene rings is 1. The highest BCUT2D eigenvalue weighted by Gasteiger charge is 2.25. The number of carbonyl (C=O) groups is 1. The van der Waals surface area contributed by atoms with Gasteiger partial charge < -0.3 is 4.90 Å². The Labute approximate surface area is 128 Å². The largest absolute Gasteiger partial charge is 0.338 e. The fraction of sp³-hybridized carbons (Fsp3) is 0.500. The van der Waals surface area contributed by atoms with E-state index in [1.54, 1.807) is 4.90 Å². The first kappa shape index (κ1) is 16.2. The number of hydrogen-bond donors (Lipinski definition) is 0. The molecule has 1 fully saturated rings. The molecular weight excluding hydrogens is 317 g/mol. The summed E-state index contributed by atoms with van der Waals surface area (Å²) in [5.74, 6) is -0.791. The summed E-state index contributed by atoms with van der Waals surface area (Å²) in [5.41, 5.74) is 0.243. The Kier molecular flexibility index (Phi) is 4.58. The maximum absolute atomic E-state index is 13.9. The van der Waals surface area contributed by atoms with E-state index in [4.69, 9.17) is 10.7 Å². The minimum Gasteiger partial charge on any atom is -0.338 e. The van der Waals surface area contributed by atoms with Gasteiger partial charge >= 0.3 is 0 Å². The summed E-state index contributed by atoms with van der Waals surface area (Å²) in [7, 11) is 1.00. The summed E-state index contributed by atoms with van der Waals surface area (Å²) in [4.78, 5) is 13.5. The van der Waals surface area contributed by atoms with Crippen LogP contribution in [0.25, 0.3) is 0 Å². The quantitative estimate of drug-likeness (QED) is 0.782. The van der Waals surface area contributed by atoms with E-state index in [1.807, 2.05) is 0 Å². The Hall–Kier alpha value is -1.14. The summed E-state index contributed by atoms with van der Waals surface area (Å²) in [6.45, 7) is 4.72. The zero-order valence-electron chi connectivity index (χ0n) is 11.9. The molecule has 1 saturated heterocycles. The van der Waals surface area contributed by atoms with Crippen molar-refractivity contribution in [2.75, 3.05) is 13.1 Å². The zero-order valence-corrected chi connectivity index (χ0v) is 13.5. The van der Waals surface area contributed by atoms with Crippen LogP contribution in [0.4, 0.5) is 4.39 Å². The molecule has 116 valence electrons. The summed E-state index contributed by atoms with van der Waals surface area (Å²) in [6, 6.07) is 2.38. The summed E-state index contributed by atoms with van der Waals surface area (Å²) < 4.78 is 36.7. The van der Waals surface area contributed by atoms with E-state index in [1.165, 1.54) is 13.0 Å². The van der Waals surface area contributed by atoms with Gasteiger partial charge in [0.05, 0.1) is 0 Å². The zero-order chi connectivity index (χ0) is 15.8. The summed E-state index contributed by atoms with van der Waals surface area (Å²) >= 11 is 0. The molecule has 0 aliphatic carbocycles. The molecule has 1 aromatic rings. The lowest BCUT2D eigenvalue weighted by atomic mass is 9.99. The molecule has 1 aliphatic heterocycles. The molecular formula is C14H17ClFNO3S. The van der Waals surface area contributed by atoms with Gasteiger partial charge in [0.15, 0.2) is 0 Å². The van der Waals surface area contributed by atoms with Gasteiger partial charge in [-0.2, -0.15) is 0 Å². The molecule has 0 spiro atoms. The van der Waals surface area contributed by atoms with Gasteiger partial charge in [-0.25, -0.2) is 12.8 Å². The molecule has 1 heterocycles. The van der Waals surface area contributed by atoms with Crippen molar-refractivity contribution in [2.24, 2.45) is 5.92 Å². The minimum absolute atomic E-state index is 0.0881. The number of carbonyl (C=O) groups excluding carboxylic acids is 1. The van der Waals surface area contributed by atoms with E-state index >= 15 is 0 Å². The third kappa shape index (κ3) is 3.55. The third-order valence-corrected chi connectivity index (χ3v) is 5.00. The van der Waals surface area contributed by atoms with Crippen LogP contribution in [-0.4, -0.2) is 32.3 Å². The van der Waals surface area contributed by atoms with Crippen molar-refractivity contribution in [1.82, 2.24) is 4.90 Å². The normalized spacial score (nSPS) is 19.6. The van der Waals surface area contributed by atoms with Crippen LogP contribution in [-0.2, 0) is 9.05 Å². The van der Waals surface area contributed by atoms with E-state index in [0.717, 1.165) is 18.9 Å².